The number of carbonyl (C=O) groups is 2. The summed E-state index contributed by atoms with van der Waals surface area (Å²) in [6.45, 7) is 7.72. The number of nitrogens with two attached hydrogens (primary N) is 1. The summed E-state index contributed by atoms with van der Waals surface area (Å²) in [5, 5.41) is 9.83. The molecule has 0 saturated heterocycles. The average Bonchev–Trinajstić information content (AvgIpc) is 2.72. The molecule has 0 heterocycles. The number of benzene rings is 1. The van der Waals surface area contributed by atoms with Crippen LogP contribution in [0.4, 0.5) is 0 Å². The van der Waals surface area contributed by atoms with Gasteiger partial charge in [0.25, 0.3) is 0 Å². The highest BCUT2D eigenvalue weighted by atomic mass is 32.2. The van der Waals surface area contributed by atoms with Crippen molar-refractivity contribution < 1.29 is 33.0 Å². The molecule has 4 radical (unpaired) electrons. The molecule has 0 aliphatic carbocycles. The third-order valence-electron chi connectivity index (χ3n) is 4.47. The number of carboxylic acids is 1. The van der Waals surface area contributed by atoms with Crippen LogP contribution >= 0.6 is 11.8 Å². The summed E-state index contributed by atoms with van der Waals surface area (Å²) >= 11 is 1.36. The molecule has 1 atom stereocenters. The van der Waals surface area contributed by atoms with Crippen molar-refractivity contribution >= 4 is 43.2 Å². The van der Waals surface area contributed by atoms with Crippen LogP contribution in [0.5, 0.6) is 5.75 Å². The van der Waals surface area contributed by atoms with Crippen LogP contribution in [0.2, 0.25) is 13.1 Å². The summed E-state index contributed by atoms with van der Waals surface area (Å²) in [6, 6.07) is 2.53. The van der Waals surface area contributed by atoms with Crippen LogP contribution < -0.4 is 10.5 Å². The van der Waals surface area contributed by atoms with Crippen molar-refractivity contribution in [1.29, 1.82) is 0 Å². The molecule has 8 nitrogen and oxygen atoms in total. The van der Waals surface area contributed by atoms with Crippen molar-refractivity contribution in [3.63, 3.8) is 0 Å². The molecular weight excluding hydrogens is 442 g/mol. The van der Waals surface area contributed by atoms with E-state index < -0.39 is 29.7 Å². The third kappa shape index (κ3) is 6.82. The highest BCUT2D eigenvalue weighted by molar-refractivity contribution is 7.98. The first-order valence-corrected chi connectivity index (χ1v) is 13.1. The van der Waals surface area contributed by atoms with Crippen molar-refractivity contribution in [3.05, 3.63) is 28.8 Å². The fraction of sp³-hybridized carbons (Fsp3) is 0.579. The van der Waals surface area contributed by atoms with Crippen LogP contribution in [0.1, 0.15) is 35.3 Å². The number of thioether (sulfide) groups is 1. The smallest absolute Gasteiger partial charge is 0.336 e. The summed E-state index contributed by atoms with van der Waals surface area (Å²) in [6.07, 6.45) is -0.556. The molecule has 0 bridgehead atoms. The zero-order valence-corrected chi connectivity index (χ0v) is 20.9. The first kappa shape index (κ1) is 26.7. The Morgan fingerprint density at radius 1 is 1.20 bits per heavy atom. The summed E-state index contributed by atoms with van der Waals surface area (Å²) in [7, 11) is 3.19. The van der Waals surface area contributed by atoms with Gasteiger partial charge in [0.1, 0.15) is 18.1 Å². The minimum atomic E-state index is -1.06. The van der Waals surface area contributed by atoms with E-state index in [-0.39, 0.29) is 25.1 Å². The quantitative estimate of drug-likeness (QED) is 0.253. The first-order chi connectivity index (χ1) is 14.1. The van der Waals surface area contributed by atoms with Gasteiger partial charge in [-0.2, -0.15) is 11.8 Å². The van der Waals surface area contributed by atoms with Gasteiger partial charge < -0.3 is 29.2 Å². The molecule has 0 saturated carbocycles. The molecule has 30 heavy (non-hydrogen) atoms. The zero-order valence-electron chi connectivity index (χ0n) is 18.1. The van der Waals surface area contributed by atoms with Crippen LogP contribution in [0.25, 0.3) is 0 Å². The lowest BCUT2D eigenvalue weighted by molar-refractivity contribution is -0.141. The maximum Gasteiger partial charge on any atom is 0.336 e. The number of ether oxygens (including phenoxy) is 2. The standard InChI is InChI=1S/C19H29NO7SSi2/c1-19(2,18(26-29-5)27-30-6)14-8-11(24-3)7-12(16(21)22)13(14)9-28-10-15(20)17(23)25-4/h7-8,15,18H,9-10,20H2,1-6H3,(H,21,22). The number of aromatic carboxylic acids is 1. The third-order valence-corrected chi connectivity index (χ3v) is 6.46. The Morgan fingerprint density at radius 2 is 1.80 bits per heavy atom. The van der Waals surface area contributed by atoms with E-state index >= 15 is 0 Å². The summed E-state index contributed by atoms with van der Waals surface area (Å²) in [5.41, 5.74) is 6.65. The lowest BCUT2D eigenvalue weighted by atomic mass is 9.80. The Labute approximate surface area is 187 Å². The van der Waals surface area contributed by atoms with Crippen LogP contribution in [0, 0.1) is 0 Å². The van der Waals surface area contributed by atoms with E-state index in [1.807, 2.05) is 33.0 Å². The van der Waals surface area contributed by atoms with Gasteiger partial charge in [-0.3, -0.25) is 4.79 Å². The molecule has 1 unspecified atom stereocenters. The van der Waals surface area contributed by atoms with E-state index in [2.05, 4.69) is 4.74 Å². The van der Waals surface area contributed by atoms with Crippen LogP contribution in [0.3, 0.4) is 0 Å². The summed E-state index contributed by atoms with van der Waals surface area (Å²) in [5.74, 6) is -0.504. The molecule has 11 heteroatoms. The second-order valence-electron chi connectivity index (χ2n) is 6.85. The maximum atomic E-state index is 12.0. The molecule has 1 aromatic carbocycles. The lowest BCUT2D eigenvalue weighted by Crippen LogP contribution is -2.40. The maximum absolute atomic E-state index is 12.0. The molecule has 0 aliphatic rings. The van der Waals surface area contributed by atoms with E-state index in [1.165, 1.54) is 32.0 Å². The first-order valence-electron chi connectivity index (χ1n) is 9.14. The van der Waals surface area contributed by atoms with Crippen molar-refractivity contribution in [2.24, 2.45) is 5.73 Å². The van der Waals surface area contributed by atoms with Gasteiger partial charge in [0.2, 0.25) is 19.5 Å². The Hall–Kier alpha value is -1.38. The monoisotopic (exact) mass is 471 g/mol. The predicted molar refractivity (Wildman–Crippen MR) is 118 cm³/mol. The number of esters is 1. The highest BCUT2D eigenvalue weighted by Gasteiger charge is 2.36. The van der Waals surface area contributed by atoms with Gasteiger partial charge in [0.05, 0.1) is 19.8 Å². The van der Waals surface area contributed by atoms with Crippen LogP contribution in [0.15, 0.2) is 12.1 Å². The topological polar surface area (TPSA) is 117 Å². The highest BCUT2D eigenvalue weighted by Crippen LogP contribution is 2.38. The van der Waals surface area contributed by atoms with Gasteiger partial charge >= 0.3 is 11.9 Å². The number of carbonyl (C=O) groups excluding carboxylic acids is 1. The summed E-state index contributed by atoms with van der Waals surface area (Å²) in [4.78, 5) is 23.6. The van der Waals surface area contributed by atoms with E-state index in [1.54, 1.807) is 0 Å². The Bertz CT molecular complexity index is 727. The molecule has 0 aromatic heterocycles. The second-order valence-corrected chi connectivity index (χ2v) is 9.17. The molecule has 1 aromatic rings. The van der Waals surface area contributed by atoms with Gasteiger partial charge in [-0.1, -0.05) is 13.8 Å². The zero-order chi connectivity index (χ0) is 22.9. The largest absolute Gasteiger partial charge is 0.497 e. The van der Waals surface area contributed by atoms with Gasteiger partial charge in [-0.15, -0.1) is 0 Å². The fourth-order valence-electron chi connectivity index (χ4n) is 2.85. The van der Waals surface area contributed by atoms with Crippen molar-refractivity contribution in [1.82, 2.24) is 0 Å². The van der Waals surface area contributed by atoms with Gasteiger partial charge in [0, 0.05) is 16.9 Å². The van der Waals surface area contributed by atoms with Crippen LogP contribution in [-0.2, 0) is 29.6 Å². The van der Waals surface area contributed by atoms with Crippen molar-refractivity contribution in [3.8, 4) is 5.75 Å². The Balaban J connectivity index is 3.42. The van der Waals surface area contributed by atoms with Crippen molar-refractivity contribution in [2.75, 3.05) is 20.0 Å². The van der Waals surface area contributed by atoms with Gasteiger partial charge in [0.15, 0.2) is 0 Å². The molecule has 1 rings (SSSR count). The van der Waals surface area contributed by atoms with Crippen molar-refractivity contribution in [2.45, 2.75) is 50.4 Å². The molecular formula is C19H29NO7SSi2. The number of methoxy groups -OCH3 is 2. The summed E-state index contributed by atoms with van der Waals surface area (Å²) < 4.78 is 21.7. The average molecular weight is 472 g/mol. The number of hydrogen-bond donors (Lipinski definition) is 2. The predicted octanol–water partition coefficient (Wildman–Crippen LogP) is 2.10. The Kier molecular flexibility index (Phi) is 11.1. The van der Waals surface area contributed by atoms with E-state index in [0.29, 0.717) is 22.8 Å². The Morgan fingerprint density at radius 3 is 2.27 bits per heavy atom. The molecule has 0 amide bonds. The molecule has 3 N–H and O–H groups in total. The fourth-order valence-corrected chi connectivity index (χ4v) is 5.08. The van der Waals surface area contributed by atoms with Crippen LogP contribution in [-0.4, -0.2) is 68.9 Å². The normalized spacial score (nSPS) is 12.7. The van der Waals surface area contributed by atoms with E-state index in [9.17, 15) is 14.7 Å². The van der Waals surface area contributed by atoms with E-state index in [4.69, 9.17) is 19.3 Å². The number of rotatable bonds is 13. The minimum absolute atomic E-state index is 0.133. The number of carboxylic acid groups (broad SMARTS) is 1. The van der Waals surface area contributed by atoms with Gasteiger partial charge in [-0.25, -0.2) is 4.79 Å². The minimum Gasteiger partial charge on any atom is -0.497 e. The second kappa shape index (κ2) is 12.5. The number of hydrogen-bond acceptors (Lipinski definition) is 8. The van der Waals surface area contributed by atoms with Gasteiger partial charge in [-0.05, 0) is 36.4 Å². The SMILES string of the molecule is COC(=O)C(N)CSCc1c(C(=O)O)cc(OC)cc1C(C)(C)C(O[Si]C)O[Si]C. The lowest BCUT2D eigenvalue weighted by Gasteiger charge is -2.36. The molecule has 0 fully saturated rings. The molecule has 0 aliphatic heterocycles. The molecule has 166 valence electrons. The molecule has 0 spiro atoms. The van der Waals surface area contributed by atoms with E-state index in [0.717, 1.165) is 5.56 Å².